The molecular weight excluding hydrogens is 234 g/mol. The molecule has 2 heteroatoms. The van der Waals surface area contributed by atoms with Crippen molar-refractivity contribution in [2.75, 3.05) is 0 Å². The molecule has 0 unspecified atom stereocenters. The third kappa shape index (κ3) is 1.40. The van der Waals surface area contributed by atoms with Crippen LogP contribution in [0.25, 0.3) is 22.5 Å². The van der Waals surface area contributed by atoms with Gasteiger partial charge < -0.3 is 4.98 Å². The van der Waals surface area contributed by atoms with Crippen molar-refractivity contribution in [2.45, 2.75) is 0 Å². The monoisotopic (exact) mass is 245 g/mol. The van der Waals surface area contributed by atoms with Crippen molar-refractivity contribution in [2.24, 2.45) is 0 Å². The van der Waals surface area contributed by atoms with Gasteiger partial charge in [-0.2, -0.15) is 0 Å². The molecule has 0 bridgehead atoms. The smallest absolute Gasteiger partial charge is 0.195 e. The number of nitrogens with one attached hydrogen (secondary N) is 1. The maximum Gasteiger partial charge on any atom is 0.195 e. The first-order chi connectivity index (χ1) is 9.34. The first kappa shape index (κ1) is 10.3. The standard InChI is InChI=1S/C17H11NO/c19-17-13-9-5-4-8-12(13)16-14(17)10-15(18-16)11-6-2-1-3-7-11/h1-10,18H. The first-order valence-corrected chi connectivity index (χ1v) is 6.27. The van der Waals surface area contributed by atoms with Gasteiger partial charge in [-0.1, -0.05) is 54.6 Å². The summed E-state index contributed by atoms with van der Waals surface area (Å²) in [4.78, 5) is 15.7. The van der Waals surface area contributed by atoms with Crippen molar-refractivity contribution in [3.8, 4) is 22.5 Å². The predicted octanol–water partition coefficient (Wildman–Crippen LogP) is 3.89. The van der Waals surface area contributed by atoms with Gasteiger partial charge >= 0.3 is 0 Å². The Morgan fingerprint density at radius 1 is 0.737 bits per heavy atom. The molecule has 1 aliphatic carbocycles. The molecule has 1 aliphatic rings. The van der Waals surface area contributed by atoms with Crippen LogP contribution >= 0.6 is 0 Å². The van der Waals surface area contributed by atoms with E-state index in [0.29, 0.717) is 0 Å². The topological polar surface area (TPSA) is 32.9 Å². The van der Waals surface area contributed by atoms with Gasteiger partial charge in [-0.3, -0.25) is 4.79 Å². The Labute approximate surface area is 110 Å². The van der Waals surface area contributed by atoms with Gasteiger partial charge in [0, 0.05) is 22.4 Å². The number of rotatable bonds is 1. The van der Waals surface area contributed by atoms with Crippen LogP contribution in [0.2, 0.25) is 0 Å². The molecule has 0 radical (unpaired) electrons. The van der Waals surface area contributed by atoms with Crippen molar-refractivity contribution in [1.29, 1.82) is 0 Å². The van der Waals surface area contributed by atoms with Crippen LogP contribution in [-0.2, 0) is 0 Å². The van der Waals surface area contributed by atoms with Gasteiger partial charge in [-0.15, -0.1) is 0 Å². The van der Waals surface area contributed by atoms with Crippen LogP contribution in [0.5, 0.6) is 0 Å². The lowest BCUT2D eigenvalue weighted by Crippen LogP contribution is -1.93. The molecule has 19 heavy (non-hydrogen) atoms. The molecule has 2 aromatic carbocycles. The highest BCUT2D eigenvalue weighted by atomic mass is 16.1. The molecule has 0 fully saturated rings. The van der Waals surface area contributed by atoms with Crippen molar-refractivity contribution >= 4 is 5.78 Å². The van der Waals surface area contributed by atoms with Crippen LogP contribution in [-0.4, -0.2) is 10.8 Å². The number of ketones is 1. The molecule has 0 spiro atoms. The number of carbonyl (C=O) groups is 1. The second-order valence-corrected chi connectivity index (χ2v) is 4.71. The van der Waals surface area contributed by atoms with E-state index in [-0.39, 0.29) is 5.78 Å². The van der Waals surface area contributed by atoms with E-state index in [9.17, 15) is 4.79 Å². The van der Waals surface area contributed by atoms with Gasteiger partial charge in [0.05, 0.1) is 5.69 Å². The number of carbonyl (C=O) groups excluding carboxylic acids is 1. The number of benzene rings is 2. The van der Waals surface area contributed by atoms with E-state index >= 15 is 0 Å². The summed E-state index contributed by atoms with van der Waals surface area (Å²) >= 11 is 0. The minimum absolute atomic E-state index is 0.115. The Morgan fingerprint density at radius 3 is 2.21 bits per heavy atom. The molecule has 3 aromatic rings. The van der Waals surface area contributed by atoms with E-state index < -0.39 is 0 Å². The highest BCUT2D eigenvalue weighted by molar-refractivity contribution is 6.21. The van der Waals surface area contributed by atoms with Gasteiger partial charge in [0.25, 0.3) is 0 Å². The van der Waals surface area contributed by atoms with Crippen LogP contribution in [0, 0.1) is 0 Å². The van der Waals surface area contributed by atoms with E-state index in [4.69, 9.17) is 0 Å². The van der Waals surface area contributed by atoms with E-state index in [1.807, 2.05) is 60.7 Å². The second kappa shape index (κ2) is 3.69. The second-order valence-electron chi connectivity index (χ2n) is 4.71. The Kier molecular flexibility index (Phi) is 2.00. The Morgan fingerprint density at radius 2 is 1.42 bits per heavy atom. The van der Waals surface area contributed by atoms with Crippen molar-refractivity contribution < 1.29 is 4.79 Å². The Hall–Kier alpha value is -2.61. The quantitative estimate of drug-likeness (QED) is 0.542. The molecule has 0 aliphatic heterocycles. The molecule has 0 saturated carbocycles. The minimum atomic E-state index is 0.115. The maximum atomic E-state index is 12.3. The fourth-order valence-corrected chi connectivity index (χ4v) is 2.66. The lowest BCUT2D eigenvalue weighted by molar-refractivity contribution is 0.104. The summed E-state index contributed by atoms with van der Waals surface area (Å²) in [6.07, 6.45) is 0. The van der Waals surface area contributed by atoms with Crippen molar-refractivity contribution in [3.63, 3.8) is 0 Å². The summed E-state index contributed by atoms with van der Waals surface area (Å²) in [6.45, 7) is 0. The third-order valence-electron chi connectivity index (χ3n) is 3.59. The average Bonchev–Trinajstić information content (AvgIpc) is 3.01. The fourth-order valence-electron chi connectivity index (χ4n) is 2.66. The average molecular weight is 245 g/mol. The van der Waals surface area contributed by atoms with Gasteiger partial charge in [-0.25, -0.2) is 0 Å². The maximum absolute atomic E-state index is 12.3. The predicted molar refractivity (Wildman–Crippen MR) is 75.1 cm³/mol. The largest absolute Gasteiger partial charge is 0.354 e. The van der Waals surface area contributed by atoms with Crippen LogP contribution in [0.1, 0.15) is 15.9 Å². The van der Waals surface area contributed by atoms with Crippen LogP contribution in [0.4, 0.5) is 0 Å². The van der Waals surface area contributed by atoms with Gasteiger partial charge in [0.15, 0.2) is 5.78 Å². The summed E-state index contributed by atoms with van der Waals surface area (Å²) in [5.74, 6) is 0.115. The van der Waals surface area contributed by atoms with E-state index in [1.165, 1.54) is 0 Å². The first-order valence-electron chi connectivity index (χ1n) is 6.27. The lowest BCUT2D eigenvalue weighted by atomic mass is 10.1. The molecule has 1 N–H and O–H groups in total. The van der Waals surface area contributed by atoms with Gasteiger partial charge in [-0.05, 0) is 11.6 Å². The zero-order valence-corrected chi connectivity index (χ0v) is 10.2. The highest BCUT2D eigenvalue weighted by Gasteiger charge is 2.28. The summed E-state index contributed by atoms with van der Waals surface area (Å²) in [7, 11) is 0. The van der Waals surface area contributed by atoms with Crippen LogP contribution in [0.3, 0.4) is 0 Å². The molecule has 1 heterocycles. The zero-order valence-electron chi connectivity index (χ0n) is 10.2. The number of hydrogen-bond donors (Lipinski definition) is 1. The fraction of sp³-hybridized carbons (Fsp3) is 0. The van der Waals surface area contributed by atoms with Crippen LogP contribution in [0.15, 0.2) is 60.7 Å². The van der Waals surface area contributed by atoms with Crippen LogP contribution < -0.4 is 0 Å². The number of fused-ring (bicyclic) bond motifs is 3. The summed E-state index contributed by atoms with van der Waals surface area (Å²) < 4.78 is 0. The number of hydrogen-bond acceptors (Lipinski definition) is 1. The number of H-pyrrole nitrogens is 1. The van der Waals surface area contributed by atoms with Gasteiger partial charge in [0.2, 0.25) is 0 Å². The Balaban J connectivity index is 1.93. The van der Waals surface area contributed by atoms with E-state index in [1.54, 1.807) is 0 Å². The normalized spacial score (nSPS) is 12.3. The lowest BCUT2D eigenvalue weighted by Gasteiger charge is -2.00. The molecule has 0 atom stereocenters. The van der Waals surface area contributed by atoms with E-state index in [2.05, 4.69) is 4.98 Å². The molecule has 1 aromatic heterocycles. The molecule has 2 nitrogen and oxygen atoms in total. The summed E-state index contributed by atoms with van der Waals surface area (Å²) in [6, 6.07) is 19.7. The van der Waals surface area contributed by atoms with Gasteiger partial charge in [0.1, 0.15) is 0 Å². The SMILES string of the molecule is O=C1c2ccccc2-c2[nH]c(-c3ccccc3)cc21. The molecule has 0 saturated heterocycles. The Bertz CT molecular complexity index is 784. The highest BCUT2D eigenvalue weighted by Crippen LogP contribution is 2.38. The minimum Gasteiger partial charge on any atom is -0.354 e. The number of aromatic nitrogens is 1. The molecular formula is C17H11NO. The zero-order chi connectivity index (χ0) is 12.8. The summed E-state index contributed by atoms with van der Waals surface area (Å²) in [5.41, 5.74) is 5.61. The molecule has 4 rings (SSSR count). The van der Waals surface area contributed by atoms with Crippen molar-refractivity contribution in [3.05, 3.63) is 71.8 Å². The van der Waals surface area contributed by atoms with Crippen molar-refractivity contribution in [1.82, 2.24) is 4.98 Å². The number of aromatic amines is 1. The third-order valence-corrected chi connectivity index (χ3v) is 3.59. The van der Waals surface area contributed by atoms with E-state index in [0.717, 1.165) is 33.6 Å². The molecule has 0 amide bonds. The molecule has 90 valence electrons. The summed E-state index contributed by atoms with van der Waals surface area (Å²) in [5, 5.41) is 0.